The standard InChI is InChI=1S/C34H24S8/c1-5-13-21(14-6-1)25-26(22-15-7-2-8-16-22)36-30-29(35-25)39-33(40-30)34-41-31-32(42-34)38-28(24-19-11-4-12-20-24)27(37-31)23-17-9-3-10-18-23/h1-20,25-28H. The molecule has 4 aromatic carbocycles. The predicted octanol–water partition coefficient (Wildman–Crippen LogP) is 13.3. The number of rotatable bonds is 4. The molecule has 0 spiro atoms. The molecule has 4 aromatic rings. The van der Waals surface area contributed by atoms with Crippen molar-refractivity contribution in [3.63, 3.8) is 0 Å². The average Bonchev–Trinajstić information content (AvgIpc) is 3.69. The van der Waals surface area contributed by atoms with Gasteiger partial charge in [-0.2, -0.15) is 0 Å². The van der Waals surface area contributed by atoms with Gasteiger partial charge in [0.1, 0.15) is 0 Å². The third-order valence-electron chi connectivity index (χ3n) is 7.24. The van der Waals surface area contributed by atoms with E-state index >= 15 is 0 Å². The minimum absolute atomic E-state index is 0.398. The third kappa shape index (κ3) is 5.71. The molecule has 4 aliphatic rings. The highest BCUT2D eigenvalue weighted by molar-refractivity contribution is 8.45. The van der Waals surface area contributed by atoms with Crippen LogP contribution in [-0.4, -0.2) is 0 Å². The van der Waals surface area contributed by atoms with Crippen molar-refractivity contribution in [3.05, 3.63) is 169 Å². The van der Waals surface area contributed by atoms with Crippen molar-refractivity contribution < 1.29 is 0 Å². The first-order valence-corrected chi connectivity index (χ1v) is 20.4. The van der Waals surface area contributed by atoms with E-state index in [1.165, 1.54) is 47.7 Å². The Bertz CT molecular complexity index is 1430. The van der Waals surface area contributed by atoms with Crippen molar-refractivity contribution in [2.75, 3.05) is 0 Å². The Morgan fingerprint density at radius 3 is 0.690 bits per heavy atom. The Labute approximate surface area is 281 Å². The van der Waals surface area contributed by atoms with Crippen molar-refractivity contribution in [1.82, 2.24) is 0 Å². The Hall–Kier alpha value is -1.10. The van der Waals surface area contributed by atoms with Crippen LogP contribution >= 0.6 is 94.1 Å². The first kappa shape index (κ1) is 28.4. The van der Waals surface area contributed by atoms with E-state index in [2.05, 4.69) is 168 Å². The summed E-state index contributed by atoms with van der Waals surface area (Å²) >= 11 is 16.3. The van der Waals surface area contributed by atoms with E-state index in [-0.39, 0.29) is 0 Å². The van der Waals surface area contributed by atoms with Crippen molar-refractivity contribution in [1.29, 1.82) is 0 Å². The summed E-state index contributed by atoms with van der Waals surface area (Å²) in [5.41, 5.74) is 5.65. The fourth-order valence-electron chi connectivity index (χ4n) is 5.25. The van der Waals surface area contributed by atoms with Crippen LogP contribution in [0.25, 0.3) is 0 Å². The maximum absolute atomic E-state index is 2.30. The molecule has 0 aliphatic carbocycles. The molecule has 0 N–H and O–H groups in total. The molecule has 4 heterocycles. The van der Waals surface area contributed by atoms with Crippen molar-refractivity contribution in [2.45, 2.75) is 21.0 Å². The summed E-state index contributed by atoms with van der Waals surface area (Å²) in [4.78, 5) is 0. The van der Waals surface area contributed by atoms with E-state index in [9.17, 15) is 0 Å². The minimum atomic E-state index is 0.398. The van der Waals surface area contributed by atoms with Gasteiger partial charge in [0.2, 0.25) is 0 Å². The SMILES string of the molecule is c1ccc(C2SC3=C(SC(=C4SC5=C(S4)SC(c4ccccc4)C(c4ccccc4)S5)S3)SC2c2ccccc2)cc1. The molecule has 0 amide bonds. The first-order chi connectivity index (χ1) is 20.8. The van der Waals surface area contributed by atoms with Gasteiger partial charge in [0.05, 0.1) is 46.4 Å². The van der Waals surface area contributed by atoms with Crippen LogP contribution in [0, 0.1) is 0 Å². The Morgan fingerprint density at radius 2 is 0.476 bits per heavy atom. The van der Waals surface area contributed by atoms with Gasteiger partial charge in [-0.25, -0.2) is 0 Å². The molecule has 0 fully saturated rings. The molecule has 0 radical (unpaired) electrons. The lowest BCUT2D eigenvalue weighted by molar-refractivity contribution is 0.910. The minimum Gasteiger partial charge on any atom is -0.107 e. The molecule has 42 heavy (non-hydrogen) atoms. The van der Waals surface area contributed by atoms with Crippen molar-refractivity contribution >= 4 is 94.1 Å². The van der Waals surface area contributed by atoms with Gasteiger partial charge in [-0.3, -0.25) is 0 Å². The van der Waals surface area contributed by atoms with Gasteiger partial charge in [0, 0.05) is 0 Å². The Morgan fingerprint density at radius 1 is 0.262 bits per heavy atom. The number of thioether (sulfide) groups is 8. The van der Waals surface area contributed by atoms with Crippen LogP contribution < -0.4 is 0 Å². The lowest BCUT2D eigenvalue weighted by Crippen LogP contribution is -2.08. The van der Waals surface area contributed by atoms with Gasteiger partial charge in [0.25, 0.3) is 0 Å². The molecule has 208 valence electrons. The summed E-state index contributed by atoms with van der Waals surface area (Å²) in [6.07, 6.45) is 0. The van der Waals surface area contributed by atoms with Crippen LogP contribution in [0.4, 0.5) is 0 Å². The van der Waals surface area contributed by atoms with E-state index in [1.807, 2.05) is 47.0 Å². The van der Waals surface area contributed by atoms with Gasteiger partial charge in [-0.05, 0) is 22.3 Å². The molecule has 8 rings (SSSR count). The van der Waals surface area contributed by atoms with Crippen LogP contribution in [0.1, 0.15) is 43.3 Å². The zero-order chi connectivity index (χ0) is 27.9. The number of benzene rings is 4. The highest BCUT2D eigenvalue weighted by Gasteiger charge is 2.42. The largest absolute Gasteiger partial charge is 0.107 e. The molecule has 0 bridgehead atoms. The zero-order valence-electron chi connectivity index (χ0n) is 22.1. The monoisotopic (exact) mass is 688 g/mol. The van der Waals surface area contributed by atoms with Crippen LogP contribution in [0.5, 0.6) is 0 Å². The molecule has 0 saturated carbocycles. The fourth-order valence-corrected chi connectivity index (χ4v) is 19.0. The van der Waals surface area contributed by atoms with E-state index < -0.39 is 0 Å². The predicted molar refractivity (Wildman–Crippen MR) is 199 cm³/mol. The van der Waals surface area contributed by atoms with Gasteiger partial charge in [-0.1, -0.05) is 168 Å². The summed E-state index contributed by atoms with van der Waals surface area (Å²) in [7, 11) is 0. The van der Waals surface area contributed by atoms with Crippen LogP contribution in [0.15, 0.2) is 147 Å². The van der Waals surface area contributed by atoms with Gasteiger partial charge >= 0.3 is 0 Å². The maximum atomic E-state index is 2.30. The fraction of sp³-hybridized carbons (Fsp3) is 0.118. The zero-order valence-corrected chi connectivity index (χ0v) is 28.7. The molecule has 4 atom stereocenters. The third-order valence-corrected chi connectivity index (χ3v) is 20.3. The van der Waals surface area contributed by atoms with E-state index in [0.717, 1.165) is 0 Å². The normalized spacial score (nSPS) is 25.5. The quantitative estimate of drug-likeness (QED) is 0.205. The lowest BCUT2D eigenvalue weighted by atomic mass is 10.0. The lowest BCUT2D eigenvalue weighted by Gasteiger charge is -2.31. The molecular weight excluding hydrogens is 665 g/mol. The molecule has 0 aromatic heterocycles. The molecular formula is C34H24S8. The molecule has 4 unspecified atom stereocenters. The summed E-state index contributed by atoms with van der Waals surface area (Å²) in [6.45, 7) is 0. The molecule has 8 heteroatoms. The van der Waals surface area contributed by atoms with Gasteiger partial charge in [0.15, 0.2) is 0 Å². The molecule has 0 nitrogen and oxygen atoms in total. The van der Waals surface area contributed by atoms with Gasteiger partial charge in [-0.15, -0.1) is 47.0 Å². The maximum Gasteiger partial charge on any atom is 0.0717 e. The van der Waals surface area contributed by atoms with E-state index in [1.54, 1.807) is 0 Å². The first-order valence-electron chi connectivity index (χ1n) is 13.6. The van der Waals surface area contributed by atoms with Crippen molar-refractivity contribution in [3.8, 4) is 0 Å². The number of hydrogen-bond acceptors (Lipinski definition) is 8. The van der Waals surface area contributed by atoms with E-state index in [4.69, 9.17) is 0 Å². The van der Waals surface area contributed by atoms with Crippen LogP contribution in [-0.2, 0) is 0 Å². The Kier molecular flexibility index (Phi) is 8.59. The Balaban J connectivity index is 1.06. The van der Waals surface area contributed by atoms with Crippen LogP contribution in [0.2, 0.25) is 0 Å². The highest BCUT2D eigenvalue weighted by atomic mass is 32.3. The summed E-state index contributed by atoms with van der Waals surface area (Å²) in [5.74, 6) is 0. The van der Waals surface area contributed by atoms with Gasteiger partial charge < -0.3 is 0 Å². The molecule has 4 aliphatic heterocycles. The van der Waals surface area contributed by atoms with Crippen molar-refractivity contribution in [2.24, 2.45) is 0 Å². The van der Waals surface area contributed by atoms with E-state index in [0.29, 0.717) is 21.0 Å². The second kappa shape index (κ2) is 12.7. The molecule has 0 saturated heterocycles. The smallest absolute Gasteiger partial charge is 0.0717 e. The summed E-state index contributed by atoms with van der Waals surface area (Å²) < 4.78 is 8.82. The topological polar surface area (TPSA) is 0 Å². The average molecular weight is 689 g/mol. The second-order valence-corrected chi connectivity index (χ2v) is 20.2. The number of hydrogen-bond donors (Lipinski definition) is 0. The summed E-state index contributed by atoms with van der Waals surface area (Å²) in [6, 6.07) is 44.3. The second-order valence-electron chi connectivity index (χ2n) is 9.93. The highest BCUT2D eigenvalue weighted by Crippen LogP contribution is 2.74. The summed E-state index contributed by atoms with van der Waals surface area (Å²) in [5, 5.41) is 1.59. The van der Waals surface area contributed by atoms with Crippen LogP contribution in [0.3, 0.4) is 0 Å².